The lowest BCUT2D eigenvalue weighted by Crippen LogP contribution is -2.40. The SMILES string of the molecule is Cc1nc(N[C@H]2CC[C@@H](NC(=O)c3cccc(O)n3)CC2)nc(N(C)C)c1C. The Hall–Kier alpha value is -2.90. The van der Waals surface area contributed by atoms with Gasteiger partial charge in [0.05, 0.1) is 0 Å². The Morgan fingerprint density at radius 1 is 1.07 bits per heavy atom. The van der Waals surface area contributed by atoms with Crippen LogP contribution in [0.2, 0.25) is 0 Å². The number of rotatable bonds is 5. The number of pyridine rings is 1. The zero-order valence-corrected chi connectivity index (χ0v) is 16.9. The maximum atomic E-state index is 12.3. The van der Waals surface area contributed by atoms with Crippen molar-refractivity contribution in [2.75, 3.05) is 24.3 Å². The average Bonchev–Trinajstić information content (AvgIpc) is 2.66. The molecule has 2 aromatic heterocycles. The Labute approximate surface area is 165 Å². The van der Waals surface area contributed by atoms with E-state index in [0.717, 1.165) is 42.8 Å². The summed E-state index contributed by atoms with van der Waals surface area (Å²) in [7, 11) is 3.96. The lowest BCUT2D eigenvalue weighted by molar-refractivity contribution is 0.0920. The monoisotopic (exact) mass is 384 g/mol. The van der Waals surface area contributed by atoms with Crippen LogP contribution in [0.4, 0.5) is 11.8 Å². The van der Waals surface area contributed by atoms with Gasteiger partial charge in [-0.3, -0.25) is 4.79 Å². The van der Waals surface area contributed by atoms with E-state index in [2.05, 4.69) is 25.6 Å². The number of amides is 1. The molecular weight excluding hydrogens is 356 g/mol. The third-order valence-corrected chi connectivity index (χ3v) is 5.15. The fourth-order valence-electron chi connectivity index (χ4n) is 3.49. The molecule has 2 heterocycles. The van der Waals surface area contributed by atoms with Crippen LogP contribution in [-0.4, -0.2) is 52.1 Å². The van der Waals surface area contributed by atoms with Crippen molar-refractivity contribution in [1.82, 2.24) is 20.3 Å². The predicted octanol–water partition coefficient (Wildman–Crippen LogP) is 2.41. The lowest BCUT2D eigenvalue weighted by atomic mass is 9.91. The zero-order chi connectivity index (χ0) is 20.3. The van der Waals surface area contributed by atoms with Gasteiger partial charge in [0.1, 0.15) is 11.5 Å². The molecule has 1 amide bonds. The molecule has 1 fully saturated rings. The summed E-state index contributed by atoms with van der Waals surface area (Å²) in [6.45, 7) is 4.03. The van der Waals surface area contributed by atoms with Crippen molar-refractivity contribution in [3.05, 3.63) is 35.2 Å². The van der Waals surface area contributed by atoms with Crippen LogP contribution >= 0.6 is 0 Å². The van der Waals surface area contributed by atoms with E-state index in [1.807, 2.05) is 32.8 Å². The number of aryl methyl sites for hydroxylation is 1. The van der Waals surface area contributed by atoms with Crippen molar-refractivity contribution < 1.29 is 9.90 Å². The molecule has 1 aliphatic rings. The van der Waals surface area contributed by atoms with Crippen LogP contribution < -0.4 is 15.5 Å². The number of nitrogens with one attached hydrogen (secondary N) is 2. The van der Waals surface area contributed by atoms with Crippen LogP contribution in [0.15, 0.2) is 18.2 Å². The second-order valence-electron chi connectivity index (χ2n) is 7.52. The minimum absolute atomic E-state index is 0.104. The van der Waals surface area contributed by atoms with E-state index in [1.54, 1.807) is 12.1 Å². The molecule has 0 unspecified atom stereocenters. The van der Waals surface area contributed by atoms with E-state index < -0.39 is 0 Å². The fourth-order valence-corrected chi connectivity index (χ4v) is 3.49. The van der Waals surface area contributed by atoms with Gasteiger partial charge in [0.25, 0.3) is 5.91 Å². The second-order valence-corrected chi connectivity index (χ2v) is 7.52. The molecule has 150 valence electrons. The van der Waals surface area contributed by atoms with Gasteiger partial charge >= 0.3 is 0 Å². The van der Waals surface area contributed by atoms with Gasteiger partial charge in [-0.15, -0.1) is 0 Å². The van der Waals surface area contributed by atoms with Crippen LogP contribution in [0.25, 0.3) is 0 Å². The van der Waals surface area contributed by atoms with Gasteiger partial charge in [-0.1, -0.05) is 6.07 Å². The van der Waals surface area contributed by atoms with Crippen LogP contribution in [0.5, 0.6) is 5.88 Å². The first-order valence-corrected chi connectivity index (χ1v) is 9.59. The quantitative estimate of drug-likeness (QED) is 0.727. The van der Waals surface area contributed by atoms with Crippen LogP contribution in [0, 0.1) is 13.8 Å². The van der Waals surface area contributed by atoms with E-state index in [9.17, 15) is 9.90 Å². The van der Waals surface area contributed by atoms with Crippen molar-refractivity contribution in [3.8, 4) is 5.88 Å². The molecule has 1 aliphatic carbocycles. The van der Waals surface area contributed by atoms with Gasteiger partial charge in [0, 0.05) is 43.5 Å². The summed E-state index contributed by atoms with van der Waals surface area (Å²) in [6.07, 6.45) is 3.58. The molecular formula is C20H28N6O2. The first-order chi connectivity index (χ1) is 13.3. The number of aromatic hydroxyl groups is 1. The Kier molecular flexibility index (Phi) is 5.96. The van der Waals surface area contributed by atoms with Crippen LogP contribution in [-0.2, 0) is 0 Å². The molecule has 3 N–H and O–H groups in total. The average molecular weight is 384 g/mol. The number of carbonyl (C=O) groups excluding carboxylic acids is 1. The first-order valence-electron chi connectivity index (χ1n) is 9.59. The summed E-state index contributed by atoms with van der Waals surface area (Å²) < 4.78 is 0. The summed E-state index contributed by atoms with van der Waals surface area (Å²) >= 11 is 0. The molecule has 3 rings (SSSR count). The smallest absolute Gasteiger partial charge is 0.270 e. The highest BCUT2D eigenvalue weighted by Gasteiger charge is 2.24. The number of anilines is 2. The number of hydrogen-bond donors (Lipinski definition) is 3. The van der Waals surface area contributed by atoms with Gasteiger partial charge in [0.15, 0.2) is 0 Å². The van der Waals surface area contributed by atoms with E-state index in [1.165, 1.54) is 6.07 Å². The molecule has 0 radical (unpaired) electrons. The Bertz CT molecular complexity index is 847. The van der Waals surface area contributed by atoms with E-state index in [-0.39, 0.29) is 29.6 Å². The van der Waals surface area contributed by atoms with Gasteiger partial charge in [0.2, 0.25) is 11.8 Å². The van der Waals surface area contributed by atoms with E-state index in [0.29, 0.717) is 5.95 Å². The van der Waals surface area contributed by atoms with Gasteiger partial charge in [-0.25, -0.2) is 9.97 Å². The maximum Gasteiger partial charge on any atom is 0.270 e. The summed E-state index contributed by atoms with van der Waals surface area (Å²) in [5.41, 5.74) is 2.29. The largest absolute Gasteiger partial charge is 0.493 e. The van der Waals surface area contributed by atoms with Crippen LogP contribution in [0.3, 0.4) is 0 Å². The number of carbonyl (C=O) groups is 1. The topological polar surface area (TPSA) is 103 Å². The van der Waals surface area contributed by atoms with Crippen molar-refractivity contribution in [3.63, 3.8) is 0 Å². The molecule has 0 aromatic carbocycles. The van der Waals surface area contributed by atoms with E-state index in [4.69, 9.17) is 0 Å². The number of nitrogens with zero attached hydrogens (tertiary/aromatic N) is 4. The lowest BCUT2D eigenvalue weighted by Gasteiger charge is -2.30. The molecule has 28 heavy (non-hydrogen) atoms. The fraction of sp³-hybridized carbons (Fsp3) is 0.500. The standard InChI is InChI=1S/C20H28N6O2/c1-12-13(2)21-20(25-18(12)26(3)4)23-15-10-8-14(9-11-15)22-19(28)16-6-5-7-17(27)24-16/h5-7,14-15H,8-11H2,1-4H3,(H,22,28)(H,24,27)(H,21,23,25)/t14-,15+. The number of hydrogen-bond acceptors (Lipinski definition) is 7. The molecule has 2 aromatic rings. The first kappa shape index (κ1) is 19.9. The van der Waals surface area contributed by atoms with Gasteiger partial charge in [-0.05, 0) is 45.6 Å². The third-order valence-electron chi connectivity index (χ3n) is 5.15. The Morgan fingerprint density at radius 2 is 1.75 bits per heavy atom. The molecule has 8 nitrogen and oxygen atoms in total. The summed E-state index contributed by atoms with van der Waals surface area (Å²) in [4.78, 5) is 27.4. The summed E-state index contributed by atoms with van der Waals surface area (Å²) in [5.74, 6) is 1.18. The maximum absolute atomic E-state index is 12.3. The Balaban J connectivity index is 1.55. The molecule has 8 heteroatoms. The van der Waals surface area contributed by atoms with Gasteiger partial charge in [-0.2, -0.15) is 4.98 Å². The summed E-state index contributed by atoms with van der Waals surface area (Å²) in [6, 6.07) is 5.05. The minimum atomic E-state index is -0.250. The minimum Gasteiger partial charge on any atom is -0.493 e. The van der Waals surface area contributed by atoms with Crippen molar-refractivity contribution in [2.24, 2.45) is 0 Å². The molecule has 1 saturated carbocycles. The molecule has 0 saturated heterocycles. The highest BCUT2D eigenvalue weighted by Crippen LogP contribution is 2.24. The van der Waals surface area contributed by atoms with Crippen LogP contribution in [0.1, 0.15) is 47.4 Å². The molecule has 0 bridgehead atoms. The molecule has 0 atom stereocenters. The zero-order valence-electron chi connectivity index (χ0n) is 16.9. The normalized spacial score (nSPS) is 19.1. The van der Waals surface area contributed by atoms with E-state index >= 15 is 0 Å². The number of aromatic nitrogens is 3. The predicted molar refractivity (Wildman–Crippen MR) is 109 cm³/mol. The van der Waals surface area contributed by atoms with Crippen molar-refractivity contribution >= 4 is 17.7 Å². The highest BCUT2D eigenvalue weighted by atomic mass is 16.3. The molecule has 0 spiro atoms. The second kappa shape index (κ2) is 8.41. The highest BCUT2D eigenvalue weighted by molar-refractivity contribution is 5.92. The summed E-state index contributed by atoms with van der Waals surface area (Å²) in [5, 5.41) is 15.9. The molecule has 0 aliphatic heterocycles. The Morgan fingerprint density at radius 3 is 2.39 bits per heavy atom. The van der Waals surface area contributed by atoms with Crippen molar-refractivity contribution in [1.29, 1.82) is 0 Å². The van der Waals surface area contributed by atoms with Crippen molar-refractivity contribution in [2.45, 2.75) is 51.6 Å². The van der Waals surface area contributed by atoms with Gasteiger partial charge < -0.3 is 20.6 Å². The third kappa shape index (κ3) is 4.68.